The molecule has 1 amide bonds. The van der Waals surface area contributed by atoms with Gasteiger partial charge in [-0.05, 0) is 23.3 Å². The first-order valence-electron chi connectivity index (χ1n) is 5.42. The number of fused-ring (bicyclic) bond motifs is 1. The van der Waals surface area contributed by atoms with E-state index in [0.717, 1.165) is 26.9 Å². The first-order chi connectivity index (χ1) is 8.24. The maximum atomic E-state index is 11.5. The van der Waals surface area contributed by atoms with Crippen molar-refractivity contribution in [3.63, 3.8) is 0 Å². The summed E-state index contributed by atoms with van der Waals surface area (Å²) in [6.07, 6.45) is 0.467. The molecule has 1 aliphatic heterocycles. The van der Waals surface area contributed by atoms with E-state index in [2.05, 4.69) is 21.2 Å². The van der Waals surface area contributed by atoms with E-state index in [-0.39, 0.29) is 5.91 Å². The van der Waals surface area contributed by atoms with Crippen LogP contribution in [0.1, 0.15) is 5.56 Å². The molecule has 84 valence electrons. The number of halogens is 1. The summed E-state index contributed by atoms with van der Waals surface area (Å²) in [4.78, 5) is 11.5. The summed E-state index contributed by atoms with van der Waals surface area (Å²) < 4.78 is 1.01. The van der Waals surface area contributed by atoms with Crippen LogP contribution in [0.3, 0.4) is 0 Å². The minimum Gasteiger partial charge on any atom is -0.325 e. The van der Waals surface area contributed by atoms with Crippen LogP contribution in [0.5, 0.6) is 0 Å². The van der Waals surface area contributed by atoms with Crippen molar-refractivity contribution in [3.8, 4) is 11.1 Å². The van der Waals surface area contributed by atoms with Gasteiger partial charge in [-0.3, -0.25) is 4.79 Å². The molecule has 2 aromatic carbocycles. The zero-order chi connectivity index (χ0) is 11.8. The molecule has 2 nitrogen and oxygen atoms in total. The van der Waals surface area contributed by atoms with Gasteiger partial charge in [0.05, 0.1) is 12.1 Å². The number of benzene rings is 2. The highest BCUT2D eigenvalue weighted by molar-refractivity contribution is 9.10. The molecule has 0 saturated heterocycles. The van der Waals surface area contributed by atoms with Crippen molar-refractivity contribution >= 4 is 27.5 Å². The Labute approximate surface area is 108 Å². The van der Waals surface area contributed by atoms with Crippen LogP contribution in [0.25, 0.3) is 11.1 Å². The average Bonchev–Trinajstić information content (AvgIpc) is 2.69. The minimum absolute atomic E-state index is 0.0651. The zero-order valence-electron chi connectivity index (χ0n) is 9.03. The molecule has 3 heteroatoms. The van der Waals surface area contributed by atoms with Crippen molar-refractivity contribution in [2.45, 2.75) is 6.42 Å². The van der Waals surface area contributed by atoms with Crippen molar-refractivity contribution in [1.29, 1.82) is 0 Å². The van der Waals surface area contributed by atoms with Gasteiger partial charge in [-0.2, -0.15) is 0 Å². The molecule has 1 heterocycles. The molecule has 2 aromatic rings. The molecule has 0 atom stereocenters. The summed E-state index contributed by atoms with van der Waals surface area (Å²) in [5.74, 6) is 0.0651. The summed E-state index contributed by atoms with van der Waals surface area (Å²) in [6.45, 7) is 0. The SMILES string of the molecule is O=C1Cc2cc(Br)cc(-c3ccccc3)c2N1. The Hall–Kier alpha value is -1.61. The molecule has 3 rings (SSSR count). The van der Waals surface area contributed by atoms with Gasteiger partial charge in [0.25, 0.3) is 0 Å². The maximum Gasteiger partial charge on any atom is 0.228 e. The smallest absolute Gasteiger partial charge is 0.228 e. The highest BCUT2D eigenvalue weighted by Gasteiger charge is 2.21. The Kier molecular flexibility index (Phi) is 2.48. The molecule has 0 aliphatic carbocycles. The second kappa shape index (κ2) is 4.00. The van der Waals surface area contributed by atoms with Crippen LogP contribution >= 0.6 is 15.9 Å². The van der Waals surface area contributed by atoms with Gasteiger partial charge in [0.15, 0.2) is 0 Å². The van der Waals surface area contributed by atoms with Gasteiger partial charge in [0.1, 0.15) is 0 Å². The second-order valence-electron chi connectivity index (χ2n) is 4.08. The third kappa shape index (κ3) is 1.87. The first-order valence-corrected chi connectivity index (χ1v) is 6.21. The topological polar surface area (TPSA) is 29.1 Å². The number of amides is 1. The number of nitrogens with one attached hydrogen (secondary N) is 1. The number of rotatable bonds is 1. The van der Waals surface area contributed by atoms with Gasteiger partial charge in [0, 0.05) is 10.0 Å². The first kappa shape index (κ1) is 10.5. The maximum absolute atomic E-state index is 11.5. The number of anilines is 1. The third-order valence-electron chi connectivity index (χ3n) is 2.89. The second-order valence-corrected chi connectivity index (χ2v) is 4.99. The van der Waals surface area contributed by atoms with Gasteiger partial charge in [0.2, 0.25) is 5.91 Å². The van der Waals surface area contributed by atoms with E-state index in [1.165, 1.54) is 0 Å². The lowest BCUT2D eigenvalue weighted by atomic mass is 10.0. The summed E-state index contributed by atoms with van der Waals surface area (Å²) in [6, 6.07) is 14.1. The van der Waals surface area contributed by atoms with Gasteiger partial charge in [-0.1, -0.05) is 46.3 Å². The van der Waals surface area contributed by atoms with Crippen molar-refractivity contribution in [2.75, 3.05) is 5.32 Å². The standard InChI is InChI=1S/C14H10BrNO/c15-11-6-10-7-13(17)16-14(10)12(8-11)9-4-2-1-3-5-9/h1-6,8H,7H2,(H,16,17). The van der Waals surface area contributed by atoms with Crippen molar-refractivity contribution < 1.29 is 4.79 Å². The third-order valence-corrected chi connectivity index (χ3v) is 3.34. The van der Waals surface area contributed by atoms with Crippen LogP contribution in [0.15, 0.2) is 46.9 Å². The number of carbonyl (C=O) groups excluding carboxylic acids is 1. The Bertz CT molecular complexity index is 593. The van der Waals surface area contributed by atoms with E-state index in [9.17, 15) is 4.79 Å². The van der Waals surface area contributed by atoms with Crippen molar-refractivity contribution in [1.82, 2.24) is 0 Å². The molecular formula is C14H10BrNO. The zero-order valence-corrected chi connectivity index (χ0v) is 10.6. The minimum atomic E-state index is 0.0651. The Balaban J connectivity index is 2.22. The summed E-state index contributed by atoms with van der Waals surface area (Å²) in [5, 5.41) is 2.93. The van der Waals surface area contributed by atoms with Crippen molar-refractivity contribution in [3.05, 3.63) is 52.5 Å². The highest BCUT2D eigenvalue weighted by Crippen LogP contribution is 2.37. The van der Waals surface area contributed by atoms with E-state index in [1.807, 2.05) is 42.5 Å². The summed E-state index contributed by atoms with van der Waals surface area (Å²) in [7, 11) is 0. The average molecular weight is 288 g/mol. The highest BCUT2D eigenvalue weighted by atomic mass is 79.9. The monoisotopic (exact) mass is 287 g/mol. The van der Waals surface area contributed by atoms with Crippen LogP contribution in [0.4, 0.5) is 5.69 Å². The summed E-state index contributed by atoms with van der Waals surface area (Å²) in [5.41, 5.74) is 4.20. The fraction of sp³-hybridized carbons (Fsp3) is 0.0714. The molecule has 0 aromatic heterocycles. The lowest BCUT2D eigenvalue weighted by Crippen LogP contribution is -2.04. The Morgan fingerprint density at radius 2 is 1.88 bits per heavy atom. The van der Waals surface area contributed by atoms with E-state index in [1.54, 1.807) is 0 Å². The summed E-state index contributed by atoms with van der Waals surface area (Å²) >= 11 is 3.49. The molecular weight excluding hydrogens is 278 g/mol. The molecule has 17 heavy (non-hydrogen) atoms. The van der Waals surface area contributed by atoms with Gasteiger partial charge >= 0.3 is 0 Å². The van der Waals surface area contributed by atoms with Crippen LogP contribution in [0.2, 0.25) is 0 Å². The lowest BCUT2D eigenvalue weighted by Gasteiger charge is -2.09. The Morgan fingerprint density at radius 3 is 2.65 bits per heavy atom. The van der Waals surface area contributed by atoms with E-state index in [4.69, 9.17) is 0 Å². The van der Waals surface area contributed by atoms with Crippen molar-refractivity contribution in [2.24, 2.45) is 0 Å². The van der Waals surface area contributed by atoms with E-state index in [0.29, 0.717) is 6.42 Å². The fourth-order valence-electron chi connectivity index (χ4n) is 2.15. The molecule has 0 radical (unpaired) electrons. The normalized spacial score (nSPS) is 13.4. The molecule has 1 aliphatic rings. The number of carbonyl (C=O) groups is 1. The van der Waals surface area contributed by atoms with E-state index >= 15 is 0 Å². The largest absolute Gasteiger partial charge is 0.325 e. The van der Waals surface area contributed by atoms with Gasteiger partial charge in [-0.15, -0.1) is 0 Å². The molecule has 0 fully saturated rings. The van der Waals surface area contributed by atoms with Crippen LogP contribution in [-0.2, 0) is 11.2 Å². The molecule has 1 N–H and O–H groups in total. The predicted octanol–water partition coefficient (Wildman–Crippen LogP) is 3.61. The molecule has 0 saturated carbocycles. The van der Waals surface area contributed by atoms with Crippen LogP contribution < -0.4 is 5.32 Å². The molecule has 0 bridgehead atoms. The lowest BCUT2D eigenvalue weighted by molar-refractivity contribution is -0.115. The number of hydrogen-bond donors (Lipinski definition) is 1. The van der Waals surface area contributed by atoms with Crippen LogP contribution in [-0.4, -0.2) is 5.91 Å². The fourth-order valence-corrected chi connectivity index (χ4v) is 2.66. The Morgan fingerprint density at radius 1 is 1.12 bits per heavy atom. The molecule has 0 spiro atoms. The van der Waals surface area contributed by atoms with E-state index < -0.39 is 0 Å². The molecule has 0 unspecified atom stereocenters. The quantitative estimate of drug-likeness (QED) is 0.853. The predicted molar refractivity (Wildman–Crippen MR) is 71.9 cm³/mol. The van der Waals surface area contributed by atoms with Gasteiger partial charge < -0.3 is 5.32 Å². The number of hydrogen-bond acceptors (Lipinski definition) is 1. The van der Waals surface area contributed by atoms with Crippen LogP contribution in [0, 0.1) is 0 Å². The van der Waals surface area contributed by atoms with Gasteiger partial charge in [-0.25, -0.2) is 0 Å².